The summed E-state index contributed by atoms with van der Waals surface area (Å²) in [6.45, 7) is 5.57. The molecule has 3 N–H and O–H groups in total. The summed E-state index contributed by atoms with van der Waals surface area (Å²) in [6.07, 6.45) is -0.973. The molecule has 3 amide bonds. The zero-order valence-electron chi connectivity index (χ0n) is 16.5. The Hall–Kier alpha value is -3.06. The Labute approximate surface area is 174 Å². The lowest BCUT2D eigenvalue weighted by Crippen LogP contribution is -2.39. The van der Waals surface area contributed by atoms with Crippen molar-refractivity contribution in [3.63, 3.8) is 0 Å². The largest absolute Gasteiger partial charge is 0.449 e. The van der Waals surface area contributed by atoms with Gasteiger partial charge in [-0.1, -0.05) is 23.7 Å². The van der Waals surface area contributed by atoms with Crippen molar-refractivity contribution >= 4 is 35.2 Å². The van der Waals surface area contributed by atoms with Crippen LogP contribution in [-0.2, 0) is 16.1 Å². The predicted molar refractivity (Wildman–Crippen MR) is 112 cm³/mol. The predicted octanol–water partition coefficient (Wildman–Crippen LogP) is 3.73. The van der Waals surface area contributed by atoms with Crippen molar-refractivity contribution in [1.82, 2.24) is 10.6 Å². The van der Waals surface area contributed by atoms with Gasteiger partial charge < -0.3 is 20.7 Å². The van der Waals surface area contributed by atoms with E-state index >= 15 is 0 Å². The number of urea groups is 1. The highest BCUT2D eigenvalue weighted by Gasteiger charge is 2.19. The van der Waals surface area contributed by atoms with E-state index in [0.29, 0.717) is 22.8 Å². The average Bonchev–Trinajstić information content (AvgIpc) is 2.68. The number of anilines is 1. The zero-order chi connectivity index (χ0) is 21.4. The topological polar surface area (TPSA) is 96.5 Å². The number of nitrogens with one attached hydrogen (secondary N) is 3. The molecular formula is C21H24ClN3O4. The summed E-state index contributed by atoms with van der Waals surface area (Å²) in [5, 5.41) is 8.66. The lowest BCUT2D eigenvalue weighted by atomic mass is 10.1. The van der Waals surface area contributed by atoms with Gasteiger partial charge >= 0.3 is 12.0 Å². The van der Waals surface area contributed by atoms with Gasteiger partial charge in [0.1, 0.15) is 0 Å². The molecule has 0 radical (unpaired) electrons. The fraction of sp³-hybridized carbons (Fsp3) is 0.286. The summed E-state index contributed by atoms with van der Waals surface area (Å²) in [5.74, 6) is -1.06. The van der Waals surface area contributed by atoms with E-state index in [9.17, 15) is 14.4 Å². The summed E-state index contributed by atoms with van der Waals surface area (Å²) in [5.41, 5.74) is 1.70. The second-order valence-corrected chi connectivity index (χ2v) is 7.16. The number of esters is 1. The number of benzene rings is 2. The number of rotatable bonds is 7. The molecule has 0 bridgehead atoms. The number of hydrogen-bond donors (Lipinski definition) is 3. The van der Waals surface area contributed by atoms with Gasteiger partial charge in [0.25, 0.3) is 5.91 Å². The molecule has 0 aliphatic rings. The lowest BCUT2D eigenvalue weighted by molar-refractivity contribution is -0.123. The molecule has 154 valence electrons. The normalized spacial score (nSPS) is 11.5. The second kappa shape index (κ2) is 10.5. The molecule has 0 saturated heterocycles. The average molecular weight is 418 g/mol. The number of hydrogen-bond acceptors (Lipinski definition) is 4. The minimum atomic E-state index is -0.973. The molecule has 0 saturated carbocycles. The minimum Gasteiger partial charge on any atom is -0.449 e. The first-order valence-electron chi connectivity index (χ1n) is 9.15. The maximum atomic E-state index is 12.3. The summed E-state index contributed by atoms with van der Waals surface area (Å²) >= 11 is 5.81. The fourth-order valence-corrected chi connectivity index (χ4v) is 2.44. The van der Waals surface area contributed by atoms with Crippen molar-refractivity contribution in [2.75, 3.05) is 5.32 Å². The molecule has 0 aromatic heterocycles. The summed E-state index contributed by atoms with van der Waals surface area (Å²) < 4.78 is 5.22. The van der Waals surface area contributed by atoms with Crippen LogP contribution in [0.15, 0.2) is 48.5 Å². The second-order valence-electron chi connectivity index (χ2n) is 6.72. The van der Waals surface area contributed by atoms with Gasteiger partial charge in [0.15, 0.2) is 6.10 Å². The van der Waals surface area contributed by atoms with Gasteiger partial charge in [-0.25, -0.2) is 9.59 Å². The molecular weight excluding hydrogens is 394 g/mol. The van der Waals surface area contributed by atoms with E-state index in [1.807, 2.05) is 13.8 Å². The molecule has 2 aromatic rings. The van der Waals surface area contributed by atoms with Crippen LogP contribution >= 0.6 is 11.6 Å². The van der Waals surface area contributed by atoms with Crippen LogP contribution in [0.25, 0.3) is 0 Å². The molecule has 2 aromatic carbocycles. The van der Waals surface area contributed by atoms with Gasteiger partial charge in [0.2, 0.25) is 0 Å². The number of halogens is 1. The van der Waals surface area contributed by atoms with Gasteiger partial charge in [0, 0.05) is 23.3 Å². The molecule has 7 nitrogen and oxygen atoms in total. The Kier molecular flexibility index (Phi) is 8.03. The van der Waals surface area contributed by atoms with Crippen LogP contribution in [0.5, 0.6) is 0 Å². The summed E-state index contributed by atoms with van der Waals surface area (Å²) in [6, 6.07) is 13.0. The van der Waals surface area contributed by atoms with E-state index in [4.69, 9.17) is 16.3 Å². The lowest BCUT2D eigenvalue weighted by Gasteiger charge is -2.14. The Morgan fingerprint density at radius 2 is 1.59 bits per heavy atom. The SMILES string of the molecule is CC(C)NC(=O)NCc1ccc(C(=O)O[C@@H](C)C(=O)Nc2ccc(Cl)cc2)cc1. The van der Waals surface area contributed by atoms with Gasteiger partial charge in [0.05, 0.1) is 5.56 Å². The third kappa shape index (κ3) is 7.46. The Balaban J connectivity index is 1.85. The Bertz CT molecular complexity index is 851. The molecule has 1 atom stereocenters. The van der Waals surface area contributed by atoms with E-state index in [-0.39, 0.29) is 12.1 Å². The smallest absolute Gasteiger partial charge is 0.338 e. The Morgan fingerprint density at radius 3 is 2.17 bits per heavy atom. The number of carbonyl (C=O) groups excluding carboxylic acids is 3. The summed E-state index contributed by atoms with van der Waals surface area (Å²) in [4.78, 5) is 36.0. The van der Waals surface area contributed by atoms with Gasteiger partial charge in [-0.15, -0.1) is 0 Å². The minimum absolute atomic E-state index is 0.0472. The Morgan fingerprint density at radius 1 is 0.966 bits per heavy atom. The molecule has 0 heterocycles. The van der Waals surface area contributed by atoms with Crippen molar-refractivity contribution in [3.05, 3.63) is 64.7 Å². The highest BCUT2D eigenvalue weighted by Crippen LogP contribution is 2.14. The molecule has 2 rings (SSSR count). The first-order valence-corrected chi connectivity index (χ1v) is 9.53. The van der Waals surface area contributed by atoms with E-state index in [2.05, 4.69) is 16.0 Å². The van der Waals surface area contributed by atoms with E-state index in [1.165, 1.54) is 6.92 Å². The standard InChI is InChI=1S/C21H24ClN3O4/c1-13(2)24-21(28)23-12-15-4-6-16(7-5-15)20(27)29-14(3)19(26)25-18-10-8-17(22)9-11-18/h4-11,13-14H,12H2,1-3H3,(H,25,26)(H2,23,24,28)/t14-/m0/s1. The third-order valence-electron chi connectivity index (χ3n) is 3.83. The number of carbonyl (C=O) groups is 3. The number of amides is 3. The molecule has 0 fully saturated rings. The van der Waals surface area contributed by atoms with Crippen molar-refractivity contribution in [2.24, 2.45) is 0 Å². The van der Waals surface area contributed by atoms with Gasteiger partial charge in [-0.2, -0.15) is 0 Å². The first kappa shape index (κ1) is 22.2. The van der Waals surface area contributed by atoms with Crippen molar-refractivity contribution < 1.29 is 19.1 Å². The van der Waals surface area contributed by atoms with E-state index in [1.54, 1.807) is 48.5 Å². The molecule has 0 aliphatic carbocycles. The third-order valence-corrected chi connectivity index (χ3v) is 4.08. The van der Waals surface area contributed by atoms with Crippen molar-refractivity contribution in [3.8, 4) is 0 Å². The molecule has 29 heavy (non-hydrogen) atoms. The quantitative estimate of drug-likeness (QED) is 0.598. The highest BCUT2D eigenvalue weighted by atomic mass is 35.5. The van der Waals surface area contributed by atoms with Crippen LogP contribution in [0.3, 0.4) is 0 Å². The molecule has 0 aliphatic heterocycles. The number of ether oxygens (including phenoxy) is 1. The maximum absolute atomic E-state index is 12.3. The van der Waals surface area contributed by atoms with Gasteiger partial charge in [-0.3, -0.25) is 4.79 Å². The van der Waals surface area contributed by atoms with Crippen molar-refractivity contribution in [1.29, 1.82) is 0 Å². The fourth-order valence-electron chi connectivity index (χ4n) is 2.31. The molecule has 8 heteroatoms. The van der Waals surface area contributed by atoms with Crippen LogP contribution in [0.4, 0.5) is 10.5 Å². The van der Waals surface area contributed by atoms with Crippen LogP contribution < -0.4 is 16.0 Å². The zero-order valence-corrected chi connectivity index (χ0v) is 17.2. The highest BCUT2D eigenvalue weighted by molar-refractivity contribution is 6.30. The van der Waals surface area contributed by atoms with E-state index < -0.39 is 18.0 Å². The van der Waals surface area contributed by atoms with E-state index in [0.717, 1.165) is 5.56 Å². The van der Waals surface area contributed by atoms with Crippen molar-refractivity contribution in [2.45, 2.75) is 39.5 Å². The van der Waals surface area contributed by atoms with Crippen LogP contribution in [0.2, 0.25) is 5.02 Å². The van der Waals surface area contributed by atoms with Gasteiger partial charge in [-0.05, 0) is 62.7 Å². The first-order chi connectivity index (χ1) is 13.7. The molecule has 0 spiro atoms. The van der Waals surface area contributed by atoms with Crippen LogP contribution in [-0.4, -0.2) is 30.1 Å². The maximum Gasteiger partial charge on any atom is 0.338 e. The molecule has 0 unspecified atom stereocenters. The van der Waals surface area contributed by atoms with Crippen LogP contribution in [0.1, 0.15) is 36.7 Å². The summed E-state index contributed by atoms with van der Waals surface area (Å²) in [7, 11) is 0. The monoisotopic (exact) mass is 417 g/mol. The van der Waals surface area contributed by atoms with Crippen LogP contribution in [0, 0.1) is 0 Å².